The number of hydrogen-bond donors (Lipinski definition) is 0. The molecule has 0 fully saturated rings. The van der Waals surface area contributed by atoms with Gasteiger partial charge < -0.3 is 0 Å². The second kappa shape index (κ2) is 9.61. The monoisotopic (exact) mass is 450 g/mol. The van der Waals surface area contributed by atoms with Crippen molar-refractivity contribution in [3.05, 3.63) is 100 Å². The molecular formula is C24H19ClN2O3S. The molecule has 0 amide bonds. The van der Waals surface area contributed by atoms with Crippen LogP contribution >= 0.6 is 11.6 Å². The SMILES string of the molecule is Cc1ccc(S(=O)(=O)N(C/C(C#N)=C/c2ccc(Cl)cc2)c2ccccc2C=O)cc1. The van der Waals surface area contributed by atoms with E-state index in [0.717, 1.165) is 9.87 Å². The highest BCUT2D eigenvalue weighted by molar-refractivity contribution is 7.92. The molecule has 5 nitrogen and oxygen atoms in total. The van der Waals surface area contributed by atoms with E-state index in [-0.39, 0.29) is 28.3 Å². The van der Waals surface area contributed by atoms with Gasteiger partial charge in [0, 0.05) is 10.6 Å². The van der Waals surface area contributed by atoms with E-state index in [4.69, 9.17) is 11.6 Å². The van der Waals surface area contributed by atoms with Crippen LogP contribution in [0.2, 0.25) is 5.02 Å². The van der Waals surface area contributed by atoms with Gasteiger partial charge >= 0.3 is 0 Å². The van der Waals surface area contributed by atoms with Gasteiger partial charge in [0.2, 0.25) is 0 Å². The maximum absolute atomic E-state index is 13.5. The molecule has 0 N–H and O–H groups in total. The normalized spacial score (nSPS) is 11.6. The third-order valence-electron chi connectivity index (χ3n) is 4.61. The summed E-state index contributed by atoms with van der Waals surface area (Å²) in [6.07, 6.45) is 2.19. The summed E-state index contributed by atoms with van der Waals surface area (Å²) >= 11 is 5.91. The lowest BCUT2D eigenvalue weighted by Crippen LogP contribution is -2.33. The van der Waals surface area contributed by atoms with E-state index in [0.29, 0.717) is 16.9 Å². The van der Waals surface area contributed by atoms with Gasteiger partial charge in [-0.2, -0.15) is 5.26 Å². The van der Waals surface area contributed by atoms with Crippen LogP contribution in [0.25, 0.3) is 6.08 Å². The first-order valence-electron chi connectivity index (χ1n) is 9.35. The van der Waals surface area contributed by atoms with Crippen LogP contribution in [0.4, 0.5) is 5.69 Å². The Labute approximate surface area is 186 Å². The highest BCUT2D eigenvalue weighted by Gasteiger charge is 2.27. The minimum Gasteiger partial charge on any atom is -0.298 e. The molecule has 0 atom stereocenters. The van der Waals surface area contributed by atoms with Crippen molar-refractivity contribution >= 4 is 39.7 Å². The molecule has 0 radical (unpaired) electrons. The number of rotatable bonds is 7. The second-order valence-electron chi connectivity index (χ2n) is 6.83. The minimum absolute atomic E-state index is 0.0718. The van der Waals surface area contributed by atoms with Crippen LogP contribution in [-0.4, -0.2) is 21.2 Å². The Morgan fingerprint density at radius 3 is 2.29 bits per heavy atom. The number of sulfonamides is 1. The Bertz CT molecular complexity index is 1260. The molecular weight excluding hydrogens is 432 g/mol. The first kappa shape index (κ1) is 22.3. The number of carbonyl (C=O) groups excluding carboxylic acids is 1. The summed E-state index contributed by atoms with van der Waals surface area (Å²) in [4.78, 5) is 11.7. The first-order valence-corrected chi connectivity index (χ1v) is 11.2. The zero-order chi connectivity index (χ0) is 22.4. The fraction of sp³-hybridized carbons (Fsp3) is 0.0833. The molecule has 0 aliphatic rings. The average molecular weight is 451 g/mol. The number of carbonyl (C=O) groups is 1. The van der Waals surface area contributed by atoms with Crippen LogP contribution in [0.1, 0.15) is 21.5 Å². The van der Waals surface area contributed by atoms with Gasteiger partial charge in [-0.25, -0.2) is 8.42 Å². The fourth-order valence-electron chi connectivity index (χ4n) is 2.98. The molecule has 156 valence electrons. The molecule has 0 aliphatic heterocycles. The van der Waals surface area contributed by atoms with Crippen molar-refractivity contribution in [3.8, 4) is 6.07 Å². The van der Waals surface area contributed by atoms with E-state index in [1.807, 2.05) is 6.92 Å². The molecule has 0 spiro atoms. The van der Waals surface area contributed by atoms with Crippen LogP contribution < -0.4 is 4.31 Å². The summed E-state index contributed by atoms with van der Waals surface area (Å²) in [6.45, 7) is 1.62. The number of nitrogens with zero attached hydrogens (tertiary/aromatic N) is 2. The molecule has 0 saturated carbocycles. The summed E-state index contributed by atoms with van der Waals surface area (Å²) in [5.74, 6) is 0. The lowest BCUT2D eigenvalue weighted by atomic mass is 10.1. The number of hydrogen-bond acceptors (Lipinski definition) is 4. The second-order valence-corrected chi connectivity index (χ2v) is 9.13. The highest BCUT2D eigenvalue weighted by Crippen LogP contribution is 2.28. The van der Waals surface area contributed by atoms with Crippen molar-refractivity contribution in [2.45, 2.75) is 11.8 Å². The van der Waals surface area contributed by atoms with Gasteiger partial charge in [0.15, 0.2) is 6.29 Å². The van der Waals surface area contributed by atoms with Gasteiger partial charge in [0.05, 0.1) is 28.8 Å². The molecule has 0 aromatic heterocycles. The Morgan fingerprint density at radius 1 is 1.03 bits per heavy atom. The summed E-state index contributed by atoms with van der Waals surface area (Å²) in [7, 11) is -4.05. The van der Waals surface area contributed by atoms with Gasteiger partial charge in [-0.15, -0.1) is 0 Å². The molecule has 0 heterocycles. The van der Waals surface area contributed by atoms with Crippen molar-refractivity contribution in [1.29, 1.82) is 5.26 Å². The fourth-order valence-corrected chi connectivity index (χ4v) is 4.57. The predicted molar refractivity (Wildman–Crippen MR) is 123 cm³/mol. The van der Waals surface area contributed by atoms with Crippen molar-refractivity contribution in [2.24, 2.45) is 0 Å². The molecule has 0 unspecified atom stereocenters. The molecule has 3 rings (SSSR count). The first-order chi connectivity index (χ1) is 14.8. The Hall–Kier alpha value is -3.40. The summed E-state index contributed by atoms with van der Waals surface area (Å²) in [5, 5.41) is 10.3. The van der Waals surface area contributed by atoms with Crippen LogP contribution in [-0.2, 0) is 10.0 Å². The van der Waals surface area contributed by atoms with Gasteiger partial charge in [0.1, 0.15) is 0 Å². The van der Waals surface area contributed by atoms with Crippen LogP contribution in [0.5, 0.6) is 0 Å². The van der Waals surface area contributed by atoms with Crippen molar-refractivity contribution in [3.63, 3.8) is 0 Å². The number of aldehydes is 1. The standard InChI is InChI=1S/C24H19ClN2O3S/c1-18-6-12-23(13-7-18)31(29,30)27(24-5-3-2-4-21(24)17-28)16-20(15-26)14-19-8-10-22(25)11-9-19/h2-14,17H,16H2,1H3/b20-14+. The van der Waals surface area contributed by atoms with Crippen molar-refractivity contribution in [2.75, 3.05) is 10.8 Å². The molecule has 0 aliphatic carbocycles. The Kier molecular flexibility index (Phi) is 6.91. The van der Waals surface area contributed by atoms with Crippen molar-refractivity contribution < 1.29 is 13.2 Å². The van der Waals surface area contributed by atoms with Crippen molar-refractivity contribution in [1.82, 2.24) is 0 Å². The zero-order valence-electron chi connectivity index (χ0n) is 16.7. The number of nitriles is 1. The molecule has 0 saturated heterocycles. The van der Waals surface area contributed by atoms with Crippen LogP contribution in [0.3, 0.4) is 0 Å². The molecule has 0 bridgehead atoms. The van der Waals surface area contributed by atoms with Crippen LogP contribution in [0, 0.1) is 18.3 Å². The van der Waals surface area contributed by atoms with E-state index in [2.05, 4.69) is 6.07 Å². The number of halogens is 1. The topological polar surface area (TPSA) is 78.2 Å². The summed E-state index contributed by atoms with van der Waals surface area (Å²) in [5.41, 5.74) is 2.24. The maximum atomic E-state index is 13.5. The average Bonchev–Trinajstić information content (AvgIpc) is 2.78. The third kappa shape index (κ3) is 5.21. The van der Waals surface area contributed by atoms with Gasteiger partial charge in [-0.1, -0.05) is 53.6 Å². The highest BCUT2D eigenvalue weighted by atomic mass is 35.5. The Balaban J connectivity index is 2.11. The van der Waals surface area contributed by atoms with E-state index in [9.17, 15) is 18.5 Å². The summed E-state index contributed by atoms with van der Waals surface area (Å²) < 4.78 is 28.1. The quantitative estimate of drug-likeness (QED) is 0.363. The molecule has 3 aromatic carbocycles. The predicted octanol–water partition coefficient (Wildman–Crippen LogP) is 5.26. The molecule has 3 aromatic rings. The lowest BCUT2D eigenvalue weighted by Gasteiger charge is -2.25. The van der Waals surface area contributed by atoms with Gasteiger partial charge in [-0.3, -0.25) is 9.10 Å². The smallest absolute Gasteiger partial charge is 0.264 e. The van der Waals surface area contributed by atoms with E-state index in [1.54, 1.807) is 60.7 Å². The molecule has 31 heavy (non-hydrogen) atoms. The Morgan fingerprint density at radius 2 is 1.68 bits per heavy atom. The van der Waals surface area contributed by atoms with E-state index >= 15 is 0 Å². The number of para-hydroxylation sites is 1. The zero-order valence-corrected chi connectivity index (χ0v) is 18.3. The lowest BCUT2D eigenvalue weighted by molar-refractivity contribution is 0.112. The van der Waals surface area contributed by atoms with Gasteiger partial charge in [0.25, 0.3) is 10.0 Å². The largest absolute Gasteiger partial charge is 0.298 e. The van der Waals surface area contributed by atoms with Gasteiger partial charge in [-0.05, 0) is 55.0 Å². The molecule has 7 heteroatoms. The minimum atomic E-state index is -4.05. The van der Waals surface area contributed by atoms with Crippen LogP contribution in [0.15, 0.2) is 83.3 Å². The maximum Gasteiger partial charge on any atom is 0.264 e. The third-order valence-corrected chi connectivity index (χ3v) is 6.64. The number of aryl methyl sites for hydroxylation is 1. The van der Waals surface area contributed by atoms with E-state index in [1.165, 1.54) is 18.2 Å². The number of benzene rings is 3. The number of anilines is 1. The van der Waals surface area contributed by atoms with E-state index < -0.39 is 10.0 Å². The summed E-state index contributed by atoms with van der Waals surface area (Å²) in [6, 6.07) is 21.7.